The Hall–Kier alpha value is -1.57. The summed E-state index contributed by atoms with van der Waals surface area (Å²) in [6.07, 6.45) is 2.11. The summed E-state index contributed by atoms with van der Waals surface area (Å²) in [4.78, 5) is 4.81. The zero-order chi connectivity index (χ0) is 17.6. The summed E-state index contributed by atoms with van der Waals surface area (Å²) in [5, 5.41) is 9.40. The summed E-state index contributed by atoms with van der Waals surface area (Å²) >= 11 is 0. The Labute approximate surface area is 147 Å². The highest BCUT2D eigenvalue weighted by Crippen LogP contribution is 2.30. The topological polar surface area (TPSA) is 39.5 Å². The molecular formula is C20H31N3O. The lowest BCUT2D eigenvalue weighted by Crippen LogP contribution is -2.40. The number of benzene rings is 1. The summed E-state index contributed by atoms with van der Waals surface area (Å²) in [7, 11) is 1.74. The first-order chi connectivity index (χ1) is 11.5. The summed E-state index contributed by atoms with van der Waals surface area (Å²) < 4.78 is 5.55. The van der Waals surface area contributed by atoms with Crippen LogP contribution < -0.4 is 4.74 Å². The Morgan fingerprint density at radius 2 is 2.08 bits per heavy atom. The number of nitriles is 1. The molecule has 1 aliphatic rings. The maximum atomic E-state index is 9.40. The van der Waals surface area contributed by atoms with Crippen LogP contribution in [0, 0.1) is 16.7 Å². The maximum Gasteiger partial charge on any atom is 0.123 e. The van der Waals surface area contributed by atoms with Crippen LogP contribution in [-0.2, 0) is 13.1 Å². The molecular weight excluding hydrogens is 298 g/mol. The third-order valence-corrected chi connectivity index (χ3v) is 5.08. The average molecular weight is 329 g/mol. The Balaban J connectivity index is 2.12. The first-order valence-electron chi connectivity index (χ1n) is 9.05. The number of rotatable bonds is 7. The minimum absolute atomic E-state index is 0.200. The summed E-state index contributed by atoms with van der Waals surface area (Å²) in [5.74, 6) is 0.964. The third kappa shape index (κ3) is 4.72. The summed E-state index contributed by atoms with van der Waals surface area (Å²) in [6.45, 7) is 12.3. The standard InChI is InChI=1S/C20H31N3O/c1-5-22(6-2)14-18-12-17(8-9-19(18)24-4)13-23-11-7-10-20(3,15-21)16-23/h8-9,12H,5-7,10-11,13-14,16H2,1-4H3. The van der Waals surface area contributed by atoms with Gasteiger partial charge in [-0.2, -0.15) is 5.26 Å². The van der Waals surface area contributed by atoms with Gasteiger partial charge >= 0.3 is 0 Å². The van der Waals surface area contributed by atoms with Gasteiger partial charge in [-0.3, -0.25) is 9.80 Å². The lowest BCUT2D eigenvalue weighted by atomic mass is 9.83. The van der Waals surface area contributed by atoms with Gasteiger partial charge in [-0.25, -0.2) is 0 Å². The minimum Gasteiger partial charge on any atom is -0.496 e. The molecule has 1 unspecified atom stereocenters. The van der Waals surface area contributed by atoms with E-state index in [1.165, 1.54) is 11.1 Å². The Kier molecular flexibility index (Phi) is 6.65. The normalized spacial score (nSPS) is 21.7. The molecule has 1 heterocycles. The fourth-order valence-electron chi connectivity index (χ4n) is 3.57. The third-order valence-electron chi connectivity index (χ3n) is 5.08. The van der Waals surface area contributed by atoms with E-state index in [2.05, 4.69) is 54.8 Å². The van der Waals surface area contributed by atoms with Gasteiger partial charge in [-0.15, -0.1) is 0 Å². The van der Waals surface area contributed by atoms with Gasteiger partial charge in [0.1, 0.15) is 5.75 Å². The number of piperidine rings is 1. The van der Waals surface area contributed by atoms with Crippen LogP contribution >= 0.6 is 0 Å². The van der Waals surface area contributed by atoms with E-state index in [0.717, 1.165) is 57.9 Å². The van der Waals surface area contributed by atoms with Gasteiger partial charge in [-0.1, -0.05) is 19.9 Å². The molecule has 0 N–H and O–H groups in total. The zero-order valence-electron chi connectivity index (χ0n) is 15.6. The van der Waals surface area contributed by atoms with Crippen molar-refractivity contribution in [3.05, 3.63) is 29.3 Å². The molecule has 0 bridgehead atoms. The molecule has 0 aliphatic carbocycles. The summed E-state index contributed by atoms with van der Waals surface area (Å²) in [6, 6.07) is 9.01. The smallest absolute Gasteiger partial charge is 0.123 e. The van der Waals surface area contributed by atoms with Crippen LogP contribution in [0.2, 0.25) is 0 Å². The van der Waals surface area contributed by atoms with Gasteiger partial charge in [0.25, 0.3) is 0 Å². The maximum absolute atomic E-state index is 9.40. The molecule has 132 valence electrons. The number of nitrogens with zero attached hydrogens (tertiary/aromatic N) is 3. The summed E-state index contributed by atoms with van der Waals surface area (Å²) in [5.41, 5.74) is 2.35. The van der Waals surface area contributed by atoms with Crippen LogP contribution in [0.25, 0.3) is 0 Å². The van der Waals surface area contributed by atoms with Crippen molar-refractivity contribution in [3.8, 4) is 11.8 Å². The highest BCUT2D eigenvalue weighted by molar-refractivity contribution is 5.37. The van der Waals surface area contributed by atoms with E-state index < -0.39 is 0 Å². The van der Waals surface area contributed by atoms with Crippen LogP contribution in [-0.4, -0.2) is 43.1 Å². The molecule has 1 fully saturated rings. The van der Waals surface area contributed by atoms with Crippen LogP contribution in [0.15, 0.2) is 18.2 Å². The molecule has 1 aliphatic heterocycles. The van der Waals surface area contributed by atoms with Crippen molar-refractivity contribution in [3.63, 3.8) is 0 Å². The van der Waals surface area contributed by atoms with E-state index in [4.69, 9.17) is 4.74 Å². The molecule has 0 radical (unpaired) electrons. The Bertz CT molecular complexity index is 577. The predicted molar refractivity (Wildman–Crippen MR) is 97.9 cm³/mol. The van der Waals surface area contributed by atoms with Crippen molar-refractivity contribution in [1.82, 2.24) is 9.80 Å². The van der Waals surface area contributed by atoms with E-state index in [0.29, 0.717) is 0 Å². The minimum atomic E-state index is -0.200. The molecule has 4 nitrogen and oxygen atoms in total. The van der Waals surface area contributed by atoms with Crippen LogP contribution in [0.3, 0.4) is 0 Å². The van der Waals surface area contributed by atoms with Gasteiger partial charge in [0, 0.05) is 25.2 Å². The van der Waals surface area contributed by atoms with Crippen molar-refractivity contribution in [2.45, 2.75) is 46.7 Å². The van der Waals surface area contributed by atoms with Crippen molar-refractivity contribution in [2.75, 3.05) is 33.3 Å². The first-order valence-corrected chi connectivity index (χ1v) is 9.05. The van der Waals surface area contributed by atoms with Crippen molar-refractivity contribution >= 4 is 0 Å². The molecule has 0 spiro atoms. The highest BCUT2D eigenvalue weighted by atomic mass is 16.5. The monoisotopic (exact) mass is 329 g/mol. The van der Waals surface area contributed by atoms with E-state index >= 15 is 0 Å². The van der Waals surface area contributed by atoms with E-state index in [1.54, 1.807) is 7.11 Å². The van der Waals surface area contributed by atoms with Crippen LogP contribution in [0.4, 0.5) is 0 Å². The number of hydrogen-bond acceptors (Lipinski definition) is 4. The Morgan fingerprint density at radius 3 is 2.71 bits per heavy atom. The molecule has 0 saturated carbocycles. The zero-order valence-corrected chi connectivity index (χ0v) is 15.6. The molecule has 0 aromatic heterocycles. The van der Waals surface area contributed by atoms with Crippen molar-refractivity contribution < 1.29 is 4.74 Å². The van der Waals surface area contributed by atoms with Gasteiger partial charge in [0.05, 0.1) is 18.6 Å². The molecule has 2 rings (SSSR count). The highest BCUT2D eigenvalue weighted by Gasteiger charge is 2.30. The quantitative estimate of drug-likeness (QED) is 0.765. The molecule has 1 aromatic rings. The molecule has 0 amide bonds. The first kappa shape index (κ1) is 18.8. The number of ether oxygens (including phenoxy) is 1. The van der Waals surface area contributed by atoms with Crippen LogP contribution in [0.5, 0.6) is 5.75 Å². The molecule has 24 heavy (non-hydrogen) atoms. The number of likely N-dealkylation sites (tertiary alicyclic amines) is 1. The fourth-order valence-corrected chi connectivity index (χ4v) is 3.57. The number of hydrogen-bond donors (Lipinski definition) is 0. The van der Waals surface area contributed by atoms with Gasteiger partial charge < -0.3 is 4.74 Å². The lowest BCUT2D eigenvalue weighted by Gasteiger charge is -2.36. The second-order valence-corrected chi connectivity index (χ2v) is 7.09. The van der Waals surface area contributed by atoms with E-state index in [1.807, 2.05) is 0 Å². The second-order valence-electron chi connectivity index (χ2n) is 7.09. The van der Waals surface area contributed by atoms with Gasteiger partial charge in [-0.05, 0) is 57.1 Å². The average Bonchev–Trinajstić information content (AvgIpc) is 2.60. The van der Waals surface area contributed by atoms with E-state index in [9.17, 15) is 5.26 Å². The SMILES string of the molecule is CCN(CC)Cc1cc(CN2CCCC(C)(C#N)C2)ccc1OC. The predicted octanol–water partition coefficient (Wildman–Crippen LogP) is 3.66. The lowest BCUT2D eigenvalue weighted by molar-refractivity contribution is 0.136. The van der Waals surface area contributed by atoms with E-state index in [-0.39, 0.29) is 5.41 Å². The molecule has 1 aromatic carbocycles. The van der Waals surface area contributed by atoms with Crippen molar-refractivity contribution in [2.24, 2.45) is 5.41 Å². The largest absolute Gasteiger partial charge is 0.496 e. The Morgan fingerprint density at radius 1 is 1.33 bits per heavy atom. The molecule has 1 saturated heterocycles. The second kappa shape index (κ2) is 8.50. The van der Waals surface area contributed by atoms with Crippen LogP contribution in [0.1, 0.15) is 44.7 Å². The molecule has 4 heteroatoms. The number of methoxy groups -OCH3 is 1. The van der Waals surface area contributed by atoms with Crippen molar-refractivity contribution in [1.29, 1.82) is 5.26 Å². The van der Waals surface area contributed by atoms with Gasteiger partial charge in [0.15, 0.2) is 0 Å². The molecule has 1 atom stereocenters. The van der Waals surface area contributed by atoms with Gasteiger partial charge in [0.2, 0.25) is 0 Å². The fraction of sp³-hybridized carbons (Fsp3) is 0.650.